The van der Waals surface area contributed by atoms with Gasteiger partial charge in [-0.05, 0) is 36.4 Å². The van der Waals surface area contributed by atoms with Crippen LogP contribution in [0.2, 0.25) is 20.2 Å². The lowest BCUT2D eigenvalue weighted by atomic mass is 10.0. The predicted octanol–water partition coefficient (Wildman–Crippen LogP) is 6.71. The Labute approximate surface area is 208 Å². The van der Waals surface area contributed by atoms with Gasteiger partial charge in [0.2, 0.25) is 0 Å². The highest BCUT2D eigenvalue weighted by atomic mass is 35.5. The summed E-state index contributed by atoms with van der Waals surface area (Å²) in [6.45, 7) is -0.524. The normalized spacial score (nSPS) is 10.8. The van der Waals surface area contributed by atoms with E-state index in [1.54, 1.807) is 48.5 Å². The van der Waals surface area contributed by atoms with Crippen molar-refractivity contribution in [3.63, 3.8) is 0 Å². The molecule has 0 radical (unpaired) electrons. The molecule has 2 aromatic carbocycles. The molecule has 4 rings (SSSR count). The molecule has 0 saturated heterocycles. The van der Waals surface area contributed by atoms with Gasteiger partial charge in [-0.3, -0.25) is 4.79 Å². The Morgan fingerprint density at radius 2 is 1.73 bits per heavy atom. The van der Waals surface area contributed by atoms with E-state index in [0.717, 1.165) is 0 Å². The number of hydrogen-bond acceptors (Lipinski definition) is 5. The van der Waals surface area contributed by atoms with E-state index >= 15 is 0 Å². The van der Waals surface area contributed by atoms with Crippen molar-refractivity contribution in [2.75, 3.05) is 11.9 Å². The molecule has 10 heteroatoms. The summed E-state index contributed by atoms with van der Waals surface area (Å²) in [7, 11) is 0. The van der Waals surface area contributed by atoms with Gasteiger partial charge in [0.15, 0.2) is 11.8 Å². The molecule has 0 aliphatic heterocycles. The van der Waals surface area contributed by atoms with Gasteiger partial charge in [0.25, 0.3) is 5.91 Å². The molecule has 0 fully saturated rings. The number of rotatable bonds is 5. The number of halogens is 4. The first-order valence-corrected chi connectivity index (χ1v) is 11.0. The van der Waals surface area contributed by atoms with E-state index in [4.69, 9.17) is 51.1 Å². The van der Waals surface area contributed by atoms with Crippen LogP contribution in [0.1, 0.15) is 10.4 Å². The second-order valence-electron chi connectivity index (χ2n) is 6.76. The Kier molecular flexibility index (Phi) is 7.00. The summed E-state index contributed by atoms with van der Waals surface area (Å²) in [4.78, 5) is 33.6. The minimum atomic E-state index is -0.710. The highest BCUT2D eigenvalue weighted by molar-refractivity contribution is 6.49. The molecule has 166 valence electrons. The zero-order chi connectivity index (χ0) is 23.5. The predicted molar refractivity (Wildman–Crippen MR) is 130 cm³/mol. The Bertz CT molecular complexity index is 1400. The van der Waals surface area contributed by atoms with Gasteiger partial charge in [0.1, 0.15) is 0 Å². The summed E-state index contributed by atoms with van der Waals surface area (Å²) in [5.74, 6) is -1.28. The Hall–Kier alpha value is -2.90. The number of benzene rings is 2. The highest BCUT2D eigenvalue weighted by Gasteiger charge is 2.19. The van der Waals surface area contributed by atoms with Crippen LogP contribution in [-0.4, -0.2) is 28.5 Å². The molecule has 1 amide bonds. The van der Waals surface area contributed by atoms with Crippen LogP contribution in [-0.2, 0) is 9.53 Å². The number of carbonyl (C=O) groups excluding carboxylic acids is 2. The van der Waals surface area contributed by atoms with E-state index in [1.807, 2.05) is 0 Å². The molecular formula is C23H13Cl4N3O3. The van der Waals surface area contributed by atoms with Crippen molar-refractivity contribution in [1.29, 1.82) is 0 Å². The number of pyridine rings is 2. The maximum absolute atomic E-state index is 12.9. The topological polar surface area (TPSA) is 81.2 Å². The molecule has 0 saturated carbocycles. The lowest BCUT2D eigenvalue weighted by Gasteiger charge is -2.12. The zero-order valence-electron chi connectivity index (χ0n) is 16.6. The SMILES string of the molecule is O=C(COC(=O)c1cc(-c2ccc(Cl)c(Cl)c2Cl)nc2ccccc12)Nc1cccnc1Cl. The van der Waals surface area contributed by atoms with E-state index in [1.165, 1.54) is 12.3 Å². The van der Waals surface area contributed by atoms with Gasteiger partial charge < -0.3 is 10.1 Å². The number of fused-ring (bicyclic) bond motifs is 1. The van der Waals surface area contributed by atoms with Gasteiger partial charge in [0, 0.05) is 17.1 Å². The van der Waals surface area contributed by atoms with Crippen molar-refractivity contribution in [2.45, 2.75) is 0 Å². The van der Waals surface area contributed by atoms with Crippen LogP contribution in [0.3, 0.4) is 0 Å². The molecule has 2 aromatic heterocycles. The maximum atomic E-state index is 12.9. The van der Waals surface area contributed by atoms with Crippen LogP contribution in [0.15, 0.2) is 60.8 Å². The largest absolute Gasteiger partial charge is 0.452 e. The minimum absolute atomic E-state index is 0.125. The van der Waals surface area contributed by atoms with E-state index in [9.17, 15) is 9.59 Å². The van der Waals surface area contributed by atoms with Crippen LogP contribution in [0.4, 0.5) is 5.69 Å². The van der Waals surface area contributed by atoms with Crippen molar-refractivity contribution in [2.24, 2.45) is 0 Å². The van der Waals surface area contributed by atoms with Gasteiger partial charge in [-0.1, -0.05) is 64.6 Å². The molecule has 1 N–H and O–H groups in total. The average molecular weight is 521 g/mol. The third-order valence-corrected chi connectivity index (χ3v) is 6.21. The first-order chi connectivity index (χ1) is 15.8. The van der Waals surface area contributed by atoms with Crippen molar-refractivity contribution in [1.82, 2.24) is 9.97 Å². The van der Waals surface area contributed by atoms with Crippen molar-refractivity contribution >= 4 is 74.9 Å². The third-order valence-electron chi connectivity index (χ3n) is 4.61. The summed E-state index contributed by atoms with van der Waals surface area (Å²) < 4.78 is 5.25. The number of ether oxygens (including phenoxy) is 1. The number of para-hydroxylation sites is 1. The van der Waals surface area contributed by atoms with Gasteiger partial charge in [-0.2, -0.15) is 0 Å². The number of hydrogen-bond donors (Lipinski definition) is 1. The average Bonchev–Trinajstić information content (AvgIpc) is 2.82. The van der Waals surface area contributed by atoms with Crippen molar-refractivity contribution in [3.8, 4) is 11.3 Å². The second-order valence-corrected chi connectivity index (χ2v) is 8.28. The van der Waals surface area contributed by atoms with Gasteiger partial charge in [-0.25, -0.2) is 14.8 Å². The molecule has 2 heterocycles. The van der Waals surface area contributed by atoms with E-state index < -0.39 is 18.5 Å². The number of amides is 1. The minimum Gasteiger partial charge on any atom is -0.452 e. The van der Waals surface area contributed by atoms with Crippen LogP contribution in [0.5, 0.6) is 0 Å². The van der Waals surface area contributed by atoms with Gasteiger partial charge >= 0.3 is 5.97 Å². The molecule has 0 atom stereocenters. The molecule has 0 spiro atoms. The fourth-order valence-corrected chi connectivity index (χ4v) is 3.88. The molecule has 0 aliphatic carbocycles. The first kappa shape index (κ1) is 23.3. The Morgan fingerprint density at radius 1 is 0.939 bits per heavy atom. The number of nitrogens with zero attached hydrogens (tertiary/aromatic N) is 2. The second kappa shape index (κ2) is 9.93. The quantitative estimate of drug-likeness (QED) is 0.180. The molecular weight excluding hydrogens is 508 g/mol. The number of esters is 1. The van der Waals surface area contributed by atoms with E-state index in [0.29, 0.717) is 32.9 Å². The number of aromatic nitrogens is 2. The number of nitrogens with one attached hydrogen (secondary N) is 1. The lowest BCUT2D eigenvalue weighted by Crippen LogP contribution is -2.21. The standard InChI is InChI=1S/C23H13Cl4N3O3/c24-15-8-7-13(20(25)21(15)26)18-10-14(12-4-1-2-5-16(12)29-18)23(32)33-11-19(31)30-17-6-3-9-28-22(17)27/h1-10H,11H2,(H,30,31). The van der Waals surface area contributed by atoms with E-state index in [2.05, 4.69) is 15.3 Å². The third kappa shape index (κ3) is 5.04. The van der Waals surface area contributed by atoms with Crippen LogP contribution in [0, 0.1) is 0 Å². The van der Waals surface area contributed by atoms with Crippen LogP contribution in [0.25, 0.3) is 22.2 Å². The smallest absolute Gasteiger partial charge is 0.339 e. The molecule has 4 aromatic rings. The molecule has 0 aliphatic rings. The van der Waals surface area contributed by atoms with Gasteiger partial charge in [0.05, 0.1) is 37.5 Å². The lowest BCUT2D eigenvalue weighted by molar-refractivity contribution is -0.119. The van der Waals surface area contributed by atoms with Crippen molar-refractivity contribution < 1.29 is 14.3 Å². The summed E-state index contributed by atoms with van der Waals surface area (Å²) in [5.41, 5.74) is 1.96. The van der Waals surface area contributed by atoms with Crippen LogP contribution < -0.4 is 5.32 Å². The monoisotopic (exact) mass is 519 g/mol. The summed E-state index contributed by atoms with van der Waals surface area (Å²) >= 11 is 24.5. The molecule has 0 unspecified atom stereocenters. The highest BCUT2D eigenvalue weighted by Crippen LogP contribution is 2.38. The zero-order valence-corrected chi connectivity index (χ0v) is 19.6. The fourth-order valence-electron chi connectivity index (χ4n) is 3.08. The first-order valence-electron chi connectivity index (χ1n) is 9.46. The molecule has 33 heavy (non-hydrogen) atoms. The molecule has 0 bridgehead atoms. The Balaban J connectivity index is 1.63. The van der Waals surface area contributed by atoms with Gasteiger partial charge in [-0.15, -0.1) is 0 Å². The van der Waals surface area contributed by atoms with Crippen molar-refractivity contribution in [3.05, 3.63) is 86.6 Å². The van der Waals surface area contributed by atoms with E-state index in [-0.39, 0.29) is 20.8 Å². The fraction of sp³-hybridized carbons (Fsp3) is 0.0435. The summed E-state index contributed by atoms with van der Waals surface area (Å²) in [5, 5.41) is 3.91. The maximum Gasteiger partial charge on any atom is 0.339 e. The molecule has 6 nitrogen and oxygen atoms in total. The number of carbonyl (C=O) groups is 2. The Morgan fingerprint density at radius 3 is 2.52 bits per heavy atom. The summed E-state index contributed by atoms with van der Waals surface area (Å²) in [6.07, 6.45) is 1.49. The number of anilines is 1. The van der Waals surface area contributed by atoms with Crippen LogP contribution >= 0.6 is 46.4 Å². The summed E-state index contributed by atoms with van der Waals surface area (Å²) in [6, 6.07) is 15.0.